The molecule has 0 aliphatic carbocycles. The summed E-state index contributed by atoms with van der Waals surface area (Å²) in [5.74, 6) is -2.06. The molecular weight excluding hydrogens is 360 g/mol. The summed E-state index contributed by atoms with van der Waals surface area (Å²) in [7, 11) is 2.40. The molecule has 0 heterocycles. The lowest BCUT2D eigenvalue weighted by atomic mass is 10.2. The zero-order valence-electron chi connectivity index (χ0n) is 13.1. The van der Waals surface area contributed by atoms with E-state index in [1.807, 2.05) is 0 Å². The minimum absolute atomic E-state index is 0.227. The van der Waals surface area contributed by atoms with E-state index in [1.54, 1.807) is 0 Å². The van der Waals surface area contributed by atoms with Crippen molar-refractivity contribution in [2.45, 2.75) is 25.2 Å². The van der Waals surface area contributed by atoms with Gasteiger partial charge in [0.1, 0.15) is 12.2 Å². The normalized spacial score (nSPS) is 12.4. The average Bonchev–Trinajstić information content (AvgIpc) is 2.45. The summed E-state index contributed by atoms with van der Waals surface area (Å²) in [5, 5.41) is 0. The lowest BCUT2D eigenvalue weighted by Crippen LogP contribution is -2.41. The van der Waals surface area contributed by atoms with Crippen LogP contribution in [0.2, 0.25) is 0 Å². The smallest absolute Gasteiger partial charge is 0.406 e. The molecule has 1 aromatic carbocycles. The topological polar surface area (TPSA) is 48.0 Å². The fourth-order valence-electron chi connectivity index (χ4n) is 1.86. The van der Waals surface area contributed by atoms with Gasteiger partial charge in [0, 0.05) is 26.0 Å². The molecule has 0 saturated carbocycles. The van der Waals surface area contributed by atoms with E-state index in [1.165, 1.54) is 20.3 Å². The van der Waals surface area contributed by atoms with E-state index in [0.717, 1.165) is 18.2 Å². The van der Waals surface area contributed by atoms with Gasteiger partial charge in [-0.2, -0.15) is 13.2 Å². The number of alkyl halides is 6. The molecule has 0 aromatic heterocycles. The lowest BCUT2D eigenvalue weighted by molar-refractivity contribution is -0.274. The van der Waals surface area contributed by atoms with Crippen LogP contribution in [0.5, 0.6) is 5.75 Å². The van der Waals surface area contributed by atoms with E-state index in [4.69, 9.17) is 9.47 Å². The number of nitrogens with zero attached hydrogens (tertiary/aromatic N) is 1. The van der Waals surface area contributed by atoms with Crippen molar-refractivity contribution in [3.05, 3.63) is 24.3 Å². The van der Waals surface area contributed by atoms with E-state index >= 15 is 0 Å². The summed E-state index contributed by atoms with van der Waals surface area (Å²) < 4.78 is 87.7. The molecule has 0 aliphatic heterocycles. The number of carbonyl (C=O) groups excluding carboxylic acids is 1. The molecule has 0 bridgehead atoms. The summed E-state index contributed by atoms with van der Waals surface area (Å²) in [6.07, 6.45) is -12.6. The third-order valence-electron chi connectivity index (χ3n) is 2.87. The molecule has 0 spiro atoms. The second-order valence-electron chi connectivity index (χ2n) is 4.74. The number of hydrogen-bond acceptors (Lipinski definition) is 4. The Kier molecular flexibility index (Phi) is 7.06. The molecule has 11 heteroatoms. The van der Waals surface area contributed by atoms with Gasteiger partial charge in [0.2, 0.25) is 5.91 Å². The van der Waals surface area contributed by atoms with Gasteiger partial charge in [0.05, 0.1) is 6.54 Å². The number of hydrogen-bond donors (Lipinski definition) is 0. The zero-order valence-corrected chi connectivity index (χ0v) is 13.1. The van der Waals surface area contributed by atoms with E-state index in [9.17, 15) is 31.1 Å². The van der Waals surface area contributed by atoms with Crippen molar-refractivity contribution in [1.29, 1.82) is 0 Å². The molecule has 0 N–H and O–H groups in total. The van der Waals surface area contributed by atoms with E-state index in [2.05, 4.69) is 4.74 Å². The van der Waals surface area contributed by atoms with Crippen molar-refractivity contribution in [3.8, 4) is 5.75 Å². The Morgan fingerprint density at radius 2 is 1.72 bits per heavy atom. The first-order valence-electron chi connectivity index (χ1n) is 6.73. The highest BCUT2D eigenvalue weighted by Gasteiger charge is 2.35. The summed E-state index contributed by atoms with van der Waals surface area (Å²) in [5.41, 5.74) is -0.227. The molecular formula is C14H15F6NO4. The second kappa shape index (κ2) is 8.39. The maximum absolute atomic E-state index is 12.5. The fourth-order valence-corrected chi connectivity index (χ4v) is 1.86. The van der Waals surface area contributed by atoms with Crippen molar-refractivity contribution in [2.24, 2.45) is 0 Å². The summed E-state index contributed by atoms with van der Waals surface area (Å²) in [6.45, 7) is -0.461. The van der Waals surface area contributed by atoms with Gasteiger partial charge in [0.15, 0.2) is 6.29 Å². The molecule has 5 nitrogen and oxygen atoms in total. The SMILES string of the molecule is COC(CN(C(=O)CC(F)(F)F)c1cccc(OC(F)(F)F)c1)OC. The third kappa shape index (κ3) is 7.61. The van der Waals surface area contributed by atoms with Crippen LogP contribution < -0.4 is 9.64 Å². The number of rotatable bonds is 7. The van der Waals surface area contributed by atoms with Crippen LogP contribution in [0.3, 0.4) is 0 Å². The first-order valence-corrected chi connectivity index (χ1v) is 6.73. The molecule has 0 aliphatic rings. The largest absolute Gasteiger partial charge is 0.573 e. The molecule has 0 unspecified atom stereocenters. The van der Waals surface area contributed by atoms with Crippen LogP contribution in [0.1, 0.15) is 6.42 Å². The quantitative estimate of drug-likeness (QED) is 0.541. The molecule has 0 fully saturated rings. The maximum Gasteiger partial charge on any atom is 0.573 e. The molecule has 1 rings (SSSR count). The lowest BCUT2D eigenvalue weighted by Gasteiger charge is -2.27. The van der Waals surface area contributed by atoms with Gasteiger partial charge in [-0.05, 0) is 12.1 Å². The van der Waals surface area contributed by atoms with Crippen LogP contribution in [0.15, 0.2) is 24.3 Å². The van der Waals surface area contributed by atoms with Crippen LogP contribution in [0.25, 0.3) is 0 Å². The Morgan fingerprint density at radius 1 is 1.12 bits per heavy atom. The summed E-state index contributed by atoms with van der Waals surface area (Å²) in [4.78, 5) is 12.6. The number of benzene rings is 1. The highest BCUT2D eigenvalue weighted by atomic mass is 19.4. The van der Waals surface area contributed by atoms with Crippen LogP contribution >= 0.6 is 0 Å². The molecule has 25 heavy (non-hydrogen) atoms. The number of amides is 1. The number of ether oxygens (including phenoxy) is 3. The predicted molar refractivity (Wildman–Crippen MR) is 74.0 cm³/mol. The first kappa shape index (κ1) is 21.0. The van der Waals surface area contributed by atoms with Gasteiger partial charge in [-0.3, -0.25) is 4.79 Å². The minimum atomic E-state index is -4.99. The molecule has 0 saturated heterocycles. The number of halogens is 6. The average molecular weight is 375 g/mol. The Morgan fingerprint density at radius 3 is 2.20 bits per heavy atom. The van der Waals surface area contributed by atoms with Crippen molar-refractivity contribution >= 4 is 11.6 Å². The Bertz CT molecular complexity index is 571. The van der Waals surface area contributed by atoms with Crippen molar-refractivity contribution in [2.75, 3.05) is 25.7 Å². The molecule has 142 valence electrons. The van der Waals surface area contributed by atoms with Crippen molar-refractivity contribution in [3.63, 3.8) is 0 Å². The highest BCUT2D eigenvalue weighted by molar-refractivity contribution is 5.94. The fraction of sp³-hybridized carbons (Fsp3) is 0.500. The van der Waals surface area contributed by atoms with Gasteiger partial charge in [-0.15, -0.1) is 13.2 Å². The van der Waals surface area contributed by atoms with Gasteiger partial charge in [0.25, 0.3) is 0 Å². The van der Waals surface area contributed by atoms with Gasteiger partial charge in [-0.25, -0.2) is 0 Å². The van der Waals surface area contributed by atoms with Gasteiger partial charge in [-0.1, -0.05) is 6.07 Å². The maximum atomic E-state index is 12.5. The summed E-state index contributed by atoms with van der Waals surface area (Å²) >= 11 is 0. The predicted octanol–water partition coefficient (Wildman–Crippen LogP) is 3.49. The monoisotopic (exact) mass is 375 g/mol. The second-order valence-corrected chi connectivity index (χ2v) is 4.74. The molecule has 1 amide bonds. The zero-order chi connectivity index (χ0) is 19.3. The van der Waals surface area contributed by atoms with Crippen molar-refractivity contribution in [1.82, 2.24) is 0 Å². The van der Waals surface area contributed by atoms with Crippen LogP contribution in [-0.2, 0) is 14.3 Å². The standard InChI is InChI=1S/C14H15F6NO4/c1-23-12(24-2)8-21(11(22)7-13(15,16)17)9-4-3-5-10(6-9)25-14(18,19)20/h3-6,12H,7-8H2,1-2H3. The third-order valence-corrected chi connectivity index (χ3v) is 2.87. The first-order chi connectivity index (χ1) is 11.4. The Hall–Kier alpha value is -2.01. The minimum Gasteiger partial charge on any atom is -0.406 e. The Labute approximate surface area is 139 Å². The van der Waals surface area contributed by atoms with Gasteiger partial charge >= 0.3 is 12.5 Å². The van der Waals surface area contributed by atoms with E-state index in [0.29, 0.717) is 4.90 Å². The van der Waals surface area contributed by atoms with Crippen LogP contribution in [0, 0.1) is 0 Å². The highest BCUT2D eigenvalue weighted by Crippen LogP contribution is 2.29. The number of anilines is 1. The van der Waals surface area contributed by atoms with Crippen molar-refractivity contribution < 1.29 is 45.3 Å². The van der Waals surface area contributed by atoms with E-state index < -0.39 is 43.5 Å². The van der Waals surface area contributed by atoms with E-state index in [-0.39, 0.29) is 5.69 Å². The van der Waals surface area contributed by atoms with Gasteiger partial charge < -0.3 is 19.1 Å². The number of methoxy groups -OCH3 is 2. The molecule has 0 radical (unpaired) electrons. The summed E-state index contributed by atoms with van der Waals surface area (Å²) in [6, 6.07) is 4.02. The van der Waals surface area contributed by atoms with Crippen LogP contribution in [-0.4, -0.2) is 45.5 Å². The Balaban J connectivity index is 3.13. The number of carbonyl (C=O) groups is 1. The molecule has 1 aromatic rings. The van der Waals surface area contributed by atoms with Crippen LogP contribution in [0.4, 0.5) is 32.0 Å². The molecule has 0 atom stereocenters.